The molecule has 0 aliphatic carbocycles. The van der Waals surface area contributed by atoms with Gasteiger partial charge in [-0.3, -0.25) is 4.79 Å². The number of carbonyl (C=O) groups is 1. The van der Waals surface area contributed by atoms with Gasteiger partial charge in [-0.2, -0.15) is 0 Å². The standard InChI is InChI=1S/C10H11BrFNO2/c1-5-2-3-6(8(11)9(5)12)7(4-13)10(14)15/h2-3,7H,4,13H2,1H3,(H,14,15). The van der Waals surface area contributed by atoms with Gasteiger partial charge in [0.05, 0.1) is 10.4 Å². The summed E-state index contributed by atoms with van der Waals surface area (Å²) in [5.74, 6) is -2.37. The van der Waals surface area contributed by atoms with Crippen molar-refractivity contribution in [2.45, 2.75) is 12.8 Å². The summed E-state index contributed by atoms with van der Waals surface area (Å²) < 4.78 is 13.7. The zero-order valence-electron chi connectivity index (χ0n) is 8.13. The summed E-state index contributed by atoms with van der Waals surface area (Å²) in [6.45, 7) is 1.55. The molecule has 5 heteroatoms. The van der Waals surface area contributed by atoms with E-state index in [1.807, 2.05) is 0 Å². The summed E-state index contributed by atoms with van der Waals surface area (Å²) >= 11 is 3.05. The van der Waals surface area contributed by atoms with E-state index in [-0.39, 0.29) is 11.0 Å². The monoisotopic (exact) mass is 275 g/mol. The van der Waals surface area contributed by atoms with Crippen LogP contribution in [0.5, 0.6) is 0 Å². The molecule has 0 heterocycles. The molecule has 0 fully saturated rings. The lowest BCUT2D eigenvalue weighted by molar-refractivity contribution is -0.138. The van der Waals surface area contributed by atoms with Crippen LogP contribution in [0, 0.1) is 12.7 Å². The Bertz CT molecular complexity index is 395. The summed E-state index contributed by atoms with van der Waals surface area (Å²) in [4.78, 5) is 10.9. The van der Waals surface area contributed by atoms with Crippen LogP contribution in [0.25, 0.3) is 0 Å². The number of benzene rings is 1. The van der Waals surface area contributed by atoms with Gasteiger partial charge < -0.3 is 10.8 Å². The number of halogens is 2. The van der Waals surface area contributed by atoms with Crippen molar-refractivity contribution >= 4 is 21.9 Å². The normalized spacial score (nSPS) is 12.5. The van der Waals surface area contributed by atoms with Crippen LogP contribution in [-0.4, -0.2) is 17.6 Å². The van der Waals surface area contributed by atoms with Crippen LogP contribution in [0.1, 0.15) is 17.0 Å². The Morgan fingerprint density at radius 2 is 2.27 bits per heavy atom. The minimum atomic E-state index is -1.05. The number of nitrogens with two attached hydrogens (primary N) is 1. The van der Waals surface area contributed by atoms with Gasteiger partial charge in [-0.05, 0) is 34.0 Å². The topological polar surface area (TPSA) is 63.3 Å². The third-order valence-corrected chi connectivity index (χ3v) is 3.02. The number of carboxylic acids is 1. The molecular weight excluding hydrogens is 265 g/mol. The molecule has 0 amide bonds. The molecule has 0 saturated heterocycles. The average molecular weight is 276 g/mol. The molecule has 0 radical (unpaired) electrons. The predicted molar refractivity (Wildman–Crippen MR) is 58.3 cm³/mol. The predicted octanol–water partition coefficient (Wildman–Crippen LogP) is 2.02. The van der Waals surface area contributed by atoms with Crippen LogP contribution < -0.4 is 5.73 Å². The fraction of sp³-hybridized carbons (Fsp3) is 0.300. The first kappa shape index (κ1) is 12.1. The second-order valence-electron chi connectivity index (χ2n) is 3.23. The summed E-state index contributed by atoms with van der Waals surface area (Å²) in [6.07, 6.45) is 0. The summed E-state index contributed by atoms with van der Waals surface area (Å²) in [6, 6.07) is 3.12. The van der Waals surface area contributed by atoms with Crippen LogP contribution in [0.15, 0.2) is 16.6 Å². The van der Waals surface area contributed by atoms with Gasteiger partial charge in [-0.1, -0.05) is 12.1 Å². The van der Waals surface area contributed by atoms with Crippen LogP contribution in [0.3, 0.4) is 0 Å². The van der Waals surface area contributed by atoms with Gasteiger partial charge in [0.2, 0.25) is 0 Å². The molecule has 0 spiro atoms. The van der Waals surface area contributed by atoms with Crippen molar-refractivity contribution in [1.29, 1.82) is 0 Å². The van der Waals surface area contributed by atoms with Gasteiger partial charge in [0.25, 0.3) is 0 Å². The SMILES string of the molecule is Cc1ccc(C(CN)C(=O)O)c(Br)c1F. The fourth-order valence-electron chi connectivity index (χ4n) is 1.29. The van der Waals surface area contributed by atoms with Gasteiger partial charge in [0.1, 0.15) is 5.82 Å². The Morgan fingerprint density at radius 1 is 1.67 bits per heavy atom. The molecule has 1 atom stereocenters. The molecular formula is C10H11BrFNO2. The van der Waals surface area contributed by atoms with Crippen molar-refractivity contribution in [3.63, 3.8) is 0 Å². The minimum absolute atomic E-state index is 0.0591. The maximum atomic E-state index is 13.5. The first-order valence-electron chi connectivity index (χ1n) is 4.36. The molecule has 0 saturated carbocycles. The Labute approximate surface area is 95.2 Å². The smallest absolute Gasteiger partial charge is 0.312 e. The highest BCUT2D eigenvalue weighted by Gasteiger charge is 2.22. The van der Waals surface area contributed by atoms with Crippen molar-refractivity contribution in [3.05, 3.63) is 33.5 Å². The summed E-state index contributed by atoms with van der Waals surface area (Å²) in [5, 5.41) is 8.89. The van der Waals surface area contributed by atoms with E-state index in [9.17, 15) is 9.18 Å². The lowest BCUT2D eigenvalue weighted by Crippen LogP contribution is -2.21. The van der Waals surface area contributed by atoms with Crippen LogP contribution >= 0.6 is 15.9 Å². The van der Waals surface area contributed by atoms with E-state index in [2.05, 4.69) is 15.9 Å². The lowest BCUT2D eigenvalue weighted by Gasteiger charge is -2.13. The third kappa shape index (κ3) is 2.35. The van der Waals surface area contributed by atoms with Crippen LogP contribution in [0.2, 0.25) is 0 Å². The number of carboxylic acid groups (broad SMARTS) is 1. The van der Waals surface area contributed by atoms with Crippen molar-refractivity contribution < 1.29 is 14.3 Å². The Morgan fingerprint density at radius 3 is 2.73 bits per heavy atom. The Hall–Kier alpha value is -0.940. The second-order valence-corrected chi connectivity index (χ2v) is 4.02. The van der Waals surface area contributed by atoms with Gasteiger partial charge in [-0.25, -0.2) is 4.39 Å². The van der Waals surface area contributed by atoms with Gasteiger partial charge >= 0.3 is 5.97 Å². The minimum Gasteiger partial charge on any atom is -0.481 e. The van der Waals surface area contributed by atoms with E-state index in [1.54, 1.807) is 19.1 Å². The van der Waals surface area contributed by atoms with Crippen molar-refractivity contribution in [2.24, 2.45) is 5.73 Å². The third-order valence-electron chi connectivity index (χ3n) is 2.21. The number of hydrogen-bond acceptors (Lipinski definition) is 2. The molecule has 0 aromatic heterocycles. The molecule has 82 valence electrons. The number of hydrogen-bond donors (Lipinski definition) is 2. The highest BCUT2D eigenvalue weighted by Crippen LogP contribution is 2.29. The van der Waals surface area contributed by atoms with E-state index in [4.69, 9.17) is 10.8 Å². The molecule has 0 aliphatic rings. The molecule has 0 aliphatic heterocycles. The first-order chi connectivity index (χ1) is 6.99. The van der Waals surface area contributed by atoms with Crippen LogP contribution in [0.4, 0.5) is 4.39 Å². The highest BCUT2D eigenvalue weighted by atomic mass is 79.9. The molecule has 0 bridgehead atoms. The van der Waals surface area contributed by atoms with Gasteiger partial charge in [0.15, 0.2) is 0 Å². The Balaban J connectivity index is 3.25. The molecule has 1 aromatic carbocycles. The van der Waals surface area contributed by atoms with Gasteiger partial charge in [-0.15, -0.1) is 0 Å². The zero-order valence-corrected chi connectivity index (χ0v) is 9.71. The van der Waals surface area contributed by atoms with Crippen molar-refractivity contribution in [1.82, 2.24) is 0 Å². The quantitative estimate of drug-likeness (QED) is 0.887. The number of aliphatic carboxylic acids is 1. The number of aryl methyl sites for hydroxylation is 1. The summed E-state index contributed by atoms with van der Waals surface area (Å²) in [5.41, 5.74) is 6.17. The van der Waals surface area contributed by atoms with Crippen molar-refractivity contribution in [2.75, 3.05) is 6.54 Å². The lowest BCUT2D eigenvalue weighted by atomic mass is 9.98. The maximum absolute atomic E-state index is 13.5. The largest absolute Gasteiger partial charge is 0.481 e. The van der Waals surface area contributed by atoms with Crippen molar-refractivity contribution in [3.8, 4) is 0 Å². The van der Waals surface area contributed by atoms with E-state index >= 15 is 0 Å². The molecule has 1 aromatic rings. The van der Waals surface area contributed by atoms with E-state index in [1.165, 1.54) is 0 Å². The van der Waals surface area contributed by atoms with Crippen LogP contribution in [-0.2, 0) is 4.79 Å². The number of rotatable bonds is 3. The van der Waals surface area contributed by atoms with E-state index in [0.29, 0.717) is 11.1 Å². The fourth-order valence-corrected chi connectivity index (χ4v) is 2.01. The molecule has 15 heavy (non-hydrogen) atoms. The molecule has 3 N–H and O–H groups in total. The first-order valence-corrected chi connectivity index (χ1v) is 5.15. The summed E-state index contributed by atoms with van der Waals surface area (Å²) in [7, 11) is 0. The highest BCUT2D eigenvalue weighted by molar-refractivity contribution is 9.10. The van der Waals surface area contributed by atoms with E-state index in [0.717, 1.165) is 0 Å². The Kier molecular flexibility index (Phi) is 3.82. The zero-order chi connectivity index (χ0) is 11.6. The van der Waals surface area contributed by atoms with Gasteiger partial charge in [0, 0.05) is 6.54 Å². The molecule has 1 rings (SSSR count). The molecule has 3 nitrogen and oxygen atoms in total. The maximum Gasteiger partial charge on any atom is 0.312 e. The average Bonchev–Trinajstić information content (AvgIpc) is 2.18. The molecule has 1 unspecified atom stereocenters. The van der Waals surface area contributed by atoms with E-state index < -0.39 is 17.7 Å². The second kappa shape index (κ2) is 4.72.